The third-order valence-corrected chi connectivity index (χ3v) is 4.13. The number of carbonyl (C=O) groups excluding carboxylic acids is 2. The van der Waals surface area contributed by atoms with Crippen molar-refractivity contribution < 1.29 is 9.59 Å². The predicted molar refractivity (Wildman–Crippen MR) is 85.3 cm³/mol. The molecule has 1 heterocycles. The van der Waals surface area contributed by atoms with E-state index in [1.54, 1.807) is 24.5 Å². The second-order valence-corrected chi connectivity index (χ2v) is 6.33. The molecule has 2 atom stereocenters. The first kappa shape index (κ1) is 16.5. The van der Waals surface area contributed by atoms with Gasteiger partial charge in [0, 0.05) is 30.5 Å². The molecule has 0 unspecified atom stereocenters. The van der Waals surface area contributed by atoms with Crippen molar-refractivity contribution in [3.8, 4) is 0 Å². The topological polar surface area (TPSA) is 71.1 Å². The van der Waals surface area contributed by atoms with Crippen LogP contribution in [0.25, 0.3) is 0 Å². The first-order valence-corrected chi connectivity index (χ1v) is 8.06. The van der Waals surface area contributed by atoms with E-state index in [-0.39, 0.29) is 23.8 Å². The summed E-state index contributed by atoms with van der Waals surface area (Å²) >= 11 is 0. The number of amides is 2. The zero-order valence-electron chi connectivity index (χ0n) is 13.3. The average molecular weight is 303 g/mol. The van der Waals surface area contributed by atoms with Gasteiger partial charge in [0.1, 0.15) is 0 Å². The van der Waals surface area contributed by atoms with Crippen LogP contribution in [0.15, 0.2) is 24.5 Å². The average Bonchev–Trinajstić information content (AvgIpc) is 2.96. The molecule has 1 saturated carbocycles. The smallest absolute Gasteiger partial charge is 0.251 e. The van der Waals surface area contributed by atoms with Crippen LogP contribution in [0.5, 0.6) is 0 Å². The summed E-state index contributed by atoms with van der Waals surface area (Å²) in [5.74, 6) is 0.400. The Labute approximate surface area is 131 Å². The number of aromatic nitrogens is 1. The van der Waals surface area contributed by atoms with Gasteiger partial charge in [-0.15, -0.1) is 0 Å². The van der Waals surface area contributed by atoms with Gasteiger partial charge in [-0.25, -0.2) is 0 Å². The van der Waals surface area contributed by atoms with E-state index in [1.807, 2.05) is 0 Å². The molecule has 0 radical (unpaired) electrons. The SMILES string of the molecule is CC(C)CCNC(=O)[C@H]1CCC[C@H]1NC(=O)c1ccncc1. The lowest BCUT2D eigenvalue weighted by Crippen LogP contribution is -2.44. The third-order valence-electron chi connectivity index (χ3n) is 4.13. The maximum atomic E-state index is 12.3. The zero-order valence-corrected chi connectivity index (χ0v) is 13.3. The molecule has 5 nitrogen and oxygen atoms in total. The molecule has 2 amide bonds. The Morgan fingerprint density at radius 2 is 2.00 bits per heavy atom. The van der Waals surface area contributed by atoms with Crippen LogP contribution in [-0.4, -0.2) is 29.4 Å². The number of rotatable bonds is 6. The molecule has 22 heavy (non-hydrogen) atoms. The van der Waals surface area contributed by atoms with Gasteiger partial charge in [-0.05, 0) is 37.3 Å². The molecule has 1 aliphatic rings. The van der Waals surface area contributed by atoms with Crippen molar-refractivity contribution in [1.29, 1.82) is 0 Å². The highest BCUT2D eigenvalue weighted by Crippen LogP contribution is 2.26. The van der Waals surface area contributed by atoms with Crippen LogP contribution >= 0.6 is 0 Å². The fourth-order valence-corrected chi connectivity index (χ4v) is 2.82. The van der Waals surface area contributed by atoms with Gasteiger partial charge in [0.05, 0.1) is 5.92 Å². The van der Waals surface area contributed by atoms with Gasteiger partial charge in [0.25, 0.3) is 5.91 Å². The lowest BCUT2D eigenvalue weighted by molar-refractivity contribution is -0.125. The van der Waals surface area contributed by atoms with Gasteiger partial charge in [0.15, 0.2) is 0 Å². The van der Waals surface area contributed by atoms with Gasteiger partial charge >= 0.3 is 0 Å². The fraction of sp³-hybridized carbons (Fsp3) is 0.588. The van der Waals surface area contributed by atoms with Gasteiger partial charge in [-0.2, -0.15) is 0 Å². The zero-order chi connectivity index (χ0) is 15.9. The number of nitrogens with one attached hydrogen (secondary N) is 2. The van der Waals surface area contributed by atoms with Crippen LogP contribution in [0.1, 0.15) is 49.9 Å². The van der Waals surface area contributed by atoms with Gasteiger partial charge < -0.3 is 10.6 Å². The number of hydrogen-bond donors (Lipinski definition) is 2. The molecule has 0 saturated heterocycles. The van der Waals surface area contributed by atoms with Crippen LogP contribution in [0, 0.1) is 11.8 Å². The van der Waals surface area contributed by atoms with Gasteiger partial charge in [-0.3, -0.25) is 14.6 Å². The van der Waals surface area contributed by atoms with Crippen LogP contribution in [0.4, 0.5) is 0 Å². The van der Waals surface area contributed by atoms with Gasteiger partial charge in [0.2, 0.25) is 5.91 Å². The first-order valence-electron chi connectivity index (χ1n) is 8.06. The maximum absolute atomic E-state index is 12.3. The molecule has 0 bridgehead atoms. The minimum absolute atomic E-state index is 0.0678. The summed E-state index contributed by atoms with van der Waals surface area (Å²) in [4.78, 5) is 28.4. The molecule has 5 heteroatoms. The summed E-state index contributed by atoms with van der Waals surface area (Å²) in [5, 5.41) is 6.00. The van der Waals surface area contributed by atoms with E-state index in [4.69, 9.17) is 0 Å². The van der Waals surface area contributed by atoms with Crippen molar-refractivity contribution in [2.45, 2.75) is 45.6 Å². The normalized spacial score (nSPS) is 20.9. The van der Waals surface area contributed by atoms with E-state index < -0.39 is 0 Å². The Hall–Kier alpha value is -1.91. The molecule has 0 aliphatic heterocycles. The Morgan fingerprint density at radius 1 is 1.27 bits per heavy atom. The van der Waals surface area contributed by atoms with Crippen LogP contribution in [-0.2, 0) is 4.79 Å². The number of hydrogen-bond acceptors (Lipinski definition) is 3. The fourth-order valence-electron chi connectivity index (χ4n) is 2.82. The van der Waals surface area contributed by atoms with Gasteiger partial charge in [-0.1, -0.05) is 20.3 Å². The van der Waals surface area contributed by atoms with E-state index in [1.165, 1.54) is 0 Å². The standard InChI is InChI=1S/C17H25N3O2/c1-12(2)6-11-19-17(22)14-4-3-5-15(14)20-16(21)13-7-9-18-10-8-13/h7-10,12,14-15H,3-6,11H2,1-2H3,(H,19,22)(H,20,21)/t14-,15+/m0/s1. The Morgan fingerprint density at radius 3 is 2.68 bits per heavy atom. The van der Waals surface area contributed by atoms with Crippen molar-refractivity contribution in [3.05, 3.63) is 30.1 Å². The highest BCUT2D eigenvalue weighted by Gasteiger charge is 2.33. The molecule has 0 spiro atoms. The lowest BCUT2D eigenvalue weighted by Gasteiger charge is -2.20. The van der Waals surface area contributed by atoms with E-state index in [2.05, 4.69) is 29.5 Å². The van der Waals surface area contributed by atoms with Crippen molar-refractivity contribution in [3.63, 3.8) is 0 Å². The summed E-state index contributed by atoms with van der Waals surface area (Å²) in [5.41, 5.74) is 0.584. The molecular formula is C17H25N3O2. The van der Waals surface area contributed by atoms with Crippen LogP contribution in [0.2, 0.25) is 0 Å². The summed E-state index contributed by atoms with van der Waals surface area (Å²) in [6.45, 7) is 4.98. The second-order valence-electron chi connectivity index (χ2n) is 6.33. The highest BCUT2D eigenvalue weighted by molar-refractivity contribution is 5.94. The summed E-state index contributed by atoms with van der Waals surface area (Å²) in [7, 11) is 0. The van der Waals surface area contributed by atoms with E-state index in [0.717, 1.165) is 25.7 Å². The monoisotopic (exact) mass is 303 g/mol. The van der Waals surface area contributed by atoms with E-state index in [0.29, 0.717) is 18.0 Å². The van der Waals surface area contributed by atoms with Crippen LogP contribution < -0.4 is 10.6 Å². The Balaban J connectivity index is 1.87. The third kappa shape index (κ3) is 4.55. The van der Waals surface area contributed by atoms with Crippen molar-refractivity contribution in [2.75, 3.05) is 6.54 Å². The Bertz CT molecular complexity index is 502. The maximum Gasteiger partial charge on any atom is 0.251 e. The quantitative estimate of drug-likeness (QED) is 0.846. The van der Waals surface area contributed by atoms with Crippen molar-refractivity contribution >= 4 is 11.8 Å². The molecule has 2 N–H and O–H groups in total. The molecule has 1 aromatic heterocycles. The number of pyridine rings is 1. The highest BCUT2D eigenvalue weighted by atomic mass is 16.2. The molecule has 1 aromatic rings. The molecular weight excluding hydrogens is 278 g/mol. The predicted octanol–water partition coefficient (Wildman–Crippen LogP) is 2.14. The molecule has 2 rings (SSSR count). The first-order chi connectivity index (χ1) is 10.6. The Kier molecular flexibility index (Phi) is 5.92. The molecule has 0 aromatic carbocycles. The molecule has 1 fully saturated rings. The number of nitrogens with zero attached hydrogens (tertiary/aromatic N) is 1. The van der Waals surface area contributed by atoms with E-state index in [9.17, 15) is 9.59 Å². The molecule has 120 valence electrons. The summed E-state index contributed by atoms with van der Waals surface area (Å²) < 4.78 is 0. The minimum Gasteiger partial charge on any atom is -0.356 e. The molecule has 1 aliphatic carbocycles. The van der Waals surface area contributed by atoms with Crippen molar-refractivity contribution in [2.24, 2.45) is 11.8 Å². The second kappa shape index (κ2) is 7.92. The van der Waals surface area contributed by atoms with E-state index >= 15 is 0 Å². The minimum atomic E-state index is -0.130. The number of carbonyl (C=O) groups is 2. The largest absolute Gasteiger partial charge is 0.356 e. The summed E-state index contributed by atoms with van der Waals surface area (Å²) in [6.07, 6.45) is 6.85. The lowest BCUT2D eigenvalue weighted by atomic mass is 10.0. The van der Waals surface area contributed by atoms with Crippen molar-refractivity contribution in [1.82, 2.24) is 15.6 Å². The summed E-state index contributed by atoms with van der Waals surface area (Å²) in [6, 6.07) is 3.30. The van der Waals surface area contributed by atoms with Crippen LogP contribution in [0.3, 0.4) is 0 Å².